The molecule has 2 aliphatic rings. The lowest BCUT2D eigenvalue weighted by molar-refractivity contribution is 0.660. The molecule has 0 saturated heterocycles. The van der Waals surface area contributed by atoms with Crippen LogP contribution in [0, 0.1) is 0 Å². The Morgan fingerprint density at radius 2 is 0.981 bits per heavy atom. The summed E-state index contributed by atoms with van der Waals surface area (Å²) in [5.41, 5.74) is 16.0. The third-order valence-corrected chi connectivity index (χ3v) is 13.3. The molecule has 0 unspecified atom stereocenters. The molecular weight excluding hydrogens is 671 g/mol. The van der Waals surface area contributed by atoms with Crippen molar-refractivity contribution in [3.63, 3.8) is 0 Å². The second-order valence-corrected chi connectivity index (χ2v) is 16.3. The Bertz CT molecular complexity index is 2880. The van der Waals surface area contributed by atoms with Gasteiger partial charge in [0.15, 0.2) is 0 Å². The van der Waals surface area contributed by atoms with Gasteiger partial charge in [-0.25, -0.2) is 0 Å². The van der Waals surface area contributed by atoms with Crippen molar-refractivity contribution in [3.8, 4) is 22.3 Å². The zero-order chi connectivity index (χ0) is 36.0. The molecular formula is C52H37NS. The monoisotopic (exact) mass is 707 g/mol. The number of fused-ring (bicyclic) bond motifs is 9. The van der Waals surface area contributed by atoms with Gasteiger partial charge in [0.2, 0.25) is 0 Å². The van der Waals surface area contributed by atoms with E-state index in [1.165, 1.54) is 81.5 Å². The molecule has 256 valence electrons. The van der Waals surface area contributed by atoms with Crippen LogP contribution in [0.2, 0.25) is 0 Å². The standard InChI is InChI=1S/C52H37NS/c1-51(2)43-23-12-10-22-42(43)50-45(51)25-15-26-47(50)53(37-29-31-41-40-21-11-14-27-48(40)54-49(41)33-37)36-28-30-39-38-20-9-13-24-44(38)52(46(39)32-36,34-16-5-3-6-17-34)35-18-7-4-8-19-35/h3-33H,1-2H3. The minimum Gasteiger partial charge on any atom is -0.310 e. The fourth-order valence-corrected chi connectivity index (χ4v) is 10.9. The van der Waals surface area contributed by atoms with E-state index in [0.717, 1.165) is 11.4 Å². The van der Waals surface area contributed by atoms with Gasteiger partial charge < -0.3 is 4.90 Å². The van der Waals surface area contributed by atoms with E-state index in [0.29, 0.717) is 0 Å². The van der Waals surface area contributed by atoms with Crippen molar-refractivity contribution in [2.24, 2.45) is 0 Å². The molecule has 0 saturated carbocycles. The van der Waals surface area contributed by atoms with Crippen molar-refractivity contribution in [2.75, 3.05) is 4.90 Å². The predicted octanol–water partition coefficient (Wildman–Crippen LogP) is 14.2. The number of hydrogen-bond donors (Lipinski definition) is 0. The fourth-order valence-electron chi connectivity index (χ4n) is 9.77. The Labute approximate surface area is 320 Å². The van der Waals surface area contributed by atoms with Crippen molar-refractivity contribution < 1.29 is 0 Å². The van der Waals surface area contributed by atoms with E-state index < -0.39 is 5.41 Å². The van der Waals surface area contributed by atoms with Gasteiger partial charge in [-0.3, -0.25) is 0 Å². The molecule has 1 heterocycles. The van der Waals surface area contributed by atoms with Crippen molar-refractivity contribution in [1.29, 1.82) is 0 Å². The first-order valence-corrected chi connectivity index (χ1v) is 19.7. The SMILES string of the molecule is CC1(C)c2ccccc2-c2c(N(c3ccc4c(c3)C(c3ccccc3)(c3ccccc3)c3ccccc3-4)c3ccc4c(c3)sc3ccccc34)cccc21. The molecule has 0 spiro atoms. The van der Waals surface area contributed by atoms with Crippen LogP contribution in [-0.4, -0.2) is 0 Å². The Morgan fingerprint density at radius 3 is 1.76 bits per heavy atom. The summed E-state index contributed by atoms with van der Waals surface area (Å²) in [7, 11) is 0. The molecule has 0 amide bonds. The fraction of sp³-hybridized carbons (Fsp3) is 0.0769. The molecule has 11 rings (SSSR count). The van der Waals surface area contributed by atoms with E-state index in [1.54, 1.807) is 0 Å². The van der Waals surface area contributed by atoms with Gasteiger partial charge in [0.25, 0.3) is 0 Å². The molecule has 0 aliphatic heterocycles. The lowest BCUT2D eigenvalue weighted by atomic mass is 9.67. The lowest BCUT2D eigenvalue weighted by Crippen LogP contribution is -2.28. The topological polar surface area (TPSA) is 3.24 Å². The summed E-state index contributed by atoms with van der Waals surface area (Å²) in [6.45, 7) is 4.74. The van der Waals surface area contributed by atoms with Crippen LogP contribution in [0.3, 0.4) is 0 Å². The molecule has 54 heavy (non-hydrogen) atoms. The first-order chi connectivity index (χ1) is 26.5. The lowest BCUT2D eigenvalue weighted by Gasteiger charge is -2.35. The average Bonchev–Trinajstić information content (AvgIpc) is 3.82. The van der Waals surface area contributed by atoms with Gasteiger partial charge >= 0.3 is 0 Å². The zero-order valence-corrected chi connectivity index (χ0v) is 31.1. The second-order valence-electron chi connectivity index (χ2n) is 15.2. The largest absolute Gasteiger partial charge is 0.310 e. The van der Waals surface area contributed by atoms with Crippen molar-refractivity contribution in [1.82, 2.24) is 0 Å². The van der Waals surface area contributed by atoms with Crippen LogP contribution >= 0.6 is 11.3 Å². The number of thiophene rings is 1. The number of anilines is 3. The van der Waals surface area contributed by atoms with E-state index in [1.807, 2.05) is 11.3 Å². The van der Waals surface area contributed by atoms with Gasteiger partial charge in [-0.15, -0.1) is 11.3 Å². The van der Waals surface area contributed by atoms with E-state index >= 15 is 0 Å². The minimum atomic E-state index is -0.487. The molecule has 0 fully saturated rings. The van der Waals surface area contributed by atoms with E-state index in [2.05, 4.69) is 207 Å². The Balaban J connectivity index is 1.22. The summed E-state index contributed by atoms with van der Waals surface area (Å²) in [6.07, 6.45) is 0. The molecule has 0 radical (unpaired) electrons. The zero-order valence-electron chi connectivity index (χ0n) is 30.3. The first-order valence-electron chi connectivity index (χ1n) is 18.9. The van der Waals surface area contributed by atoms with Crippen LogP contribution in [0.1, 0.15) is 47.2 Å². The molecule has 2 heteroatoms. The maximum Gasteiger partial charge on any atom is 0.0714 e. The summed E-state index contributed by atoms with van der Waals surface area (Å²) in [6, 6.07) is 70.2. The summed E-state index contributed by atoms with van der Waals surface area (Å²) in [5.74, 6) is 0. The molecule has 1 nitrogen and oxygen atoms in total. The minimum absolute atomic E-state index is 0.113. The maximum absolute atomic E-state index is 2.53. The number of nitrogens with zero attached hydrogens (tertiary/aromatic N) is 1. The van der Waals surface area contributed by atoms with Crippen LogP contribution in [-0.2, 0) is 10.8 Å². The quantitative estimate of drug-likeness (QED) is 0.172. The first kappa shape index (κ1) is 31.3. The van der Waals surface area contributed by atoms with E-state index in [-0.39, 0.29) is 5.41 Å². The molecule has 1 aromatic heterocycles. The Hall–Kier alpha value is -6.22. The Morgan fingerprint density at radius 1 is 0.407 bits per heavy atom. The highest BCUT2D eigenvalue weighted by molar-refractivity contribution is 7.25. The van der Waals surface area contributed by atoms with Crippen LogP contribution in [0.4, 0.5) is 17.1 Å². The van der Waals surface area contributed by atoms with Gasteiger partial charge in [0, 0.05) is 42.5 Å². The summed E-state index contributed by atoms with van der Waals surface area (Å²) >= 11 is 1.88. The Kier molecular flexibility index (Phi) is 6.75. The summed E-state index contributed by atoms with van der Waals surface area (Å²) < 4.78 is 2.61. The molecule has 9 aromatic rings. The van der Waals surface area contributed by atoms with Gasteiger partial charge in [0.05, 0.1) is 11.1 Å². The van der Waals surface area contributed by atoms with Crippen molar-refractivity contribution in [3.05, 3.63) is 221 Å². The molecule has 0 N–H and O–H groups in total. The van der Waals surface area contributed by atoms with E-state index in [4.69, 9.17) is 0 Å². The van der Waals surface area contributed by atoms with Crippen LogP contribution < -0.4 is 4.90 Å². The highest BCUT2D eigenvalue weighted by Gasteiger charge is 2.46. The molecule has 0 bridgehead atoms. The average molecular weight is 708 g/mol. The predicted molar refractivity (Wildman–Crippen MR) is 229 cm³/mol. The molecule has 0 atom stereocenters. The molecule has 8 aromatic carbocycles. The smallest absolute Gasteiger partial charge is 0.0714 e. The summed E-state index contributed by atoms with van der Waals surface area (Å²) in [4.78, 5) is 2.53. The van der Waals surface area contributed by atoms with Crippen LogP contribution in [0.15, 0.2) is 188 Å². The number of rotatable bonds is 5. The van der Waals surface area contributed by atoms with Crippen molar-refractivity contribution >= 4 is 48.6 Å². The normalized spacial score (nSPS) is 14.4. The van der Waals surface area contributed by atoms with Gasteiger partial charge in [-0.1, -0.05) is 166 Å². The maximum atomic E-state index is 2.53. The summed E-state index contributed by atoms with van der Waals surface area (Å²) in [5, 5.41) is 2.62. The van der Waals surface area contributed by atoms with Gasteiger partial charge in [0.1, 0.15) is 0 Å². The second kappa shape index (κ2) is 11.6. The third kappa shape index (κ3) is 4.26. The highest BCUT2D eigenvalue weighted by Crippen LogP contribution is 2.59. The number of hydrogen-bond acceptors (Lipinski definition) is 2. The number of benzene rings is 8. The highest BCUT2D eigenvalue weighted by atomic mass is 32.1. The van der Waals surface area contributed by atoms with E-state index in [9.17, 15) is 0 Å². The third-order valence-electron chi connectivity index (χ3n) is 12.1. The van der Waals surface area contributed by atoms with Crippen LogP contribution in [0.5, 0.6) is 0 Å². The van der Waals surface area contributed by atoms with Gasteiger partial charge in [-0.2, -0.15) is 0 Å². The molecule has 2 aliphatic carbocycles. The van der Waals surface area contributed by atoms with Gasteiger partial charge in [-0.05, 0) is 86.5 Å². The van der Waals surface area contributed by atoms with Crippen LogP contribution in [0.25, 0.3) is 42.4 Å². The van der Waals surface area contributed by atoms with Crippen molar-refractivity contribution in [2.45, 2.75) is 24.7 Å².